The van der Waals surface area contributed by atoms with Gasteiger partial charge >= 0.3 is 0 Å². The second kappa shape index (κ2) is 8.75. The summed E-state index contributed by atoms with van der Waals surface area (Å²) in [6.45, 7) is 0.470. The predicted molar refractivity (Wildman–Crippen MR) is 121 cm³/mol. The molecule has 9 heteroatoms. The van der Waals surface area contributed by atoms with Crippen LogP contribution in [0.2, 0.25) is 10.0 Å². The maximum atomic E-state index is 12.6. The van der Waals surface area contributed by atoms with Crippen LogP contribution in [-0.4, -0.2) is 27.5 Å². The van der Waals surface area contributed by atoms with E-state index in [4.69, 9.17) is 46.6 Å². The van der Waals surface area contributed by atoms with Crippen LogP contribution in [0.4, 0.5) is 0 Å². The number of nitrogens with two attached hydrogens (primary N) is 1. The van der Waals surface area contributed by atoms with E-state index in [2.05, 4.69) is 0 Å². The molecule has 27 heavy (non-hydrogen) atoms. The highest BCUT2D eigenvalue weighted by Gasteiger charge is 2.31. The molecule has 1 amide bonds. The van der Waals surface area contributed by atoms with Crippen molar-refractivity contribution in [2.24, 2.45) is 5.73 Å². The Hall–Kier alpha value is -1.38. The topological polar surface area (TPSA) is 70.2 Å². The van der Waals surface area contributed by atoms with Gasteiger partial charge in [-0.25, -0.2) is 0 Å². The Kier molecular flexibility index (Phi) is 6.60. The number of amidine groups is 1. The highest BCUT2D eigenvalue weighted by molar-refractivity contribution is 8.26. The van der Waals surface area contributed by atoms with Gasteiger partial charge in [0.1, 0.15) is 4.32 Å². The molecule has 2 aromatic rings. The third-order valence-corrected chi connectivity index (χ3v) is 6.64. The zero-order valence-electron chi connectivity index (χ0n) is 14.0. The molecule has 3 N–H and O–H groups in total. The molecule has 1 aliphatic rings. The maximum absolute atomic E-state index is 12.6. The van der Waals surface area contributed by atoms with E-state index in [1.807, 2.05) is 23.6 Å². The number of carbonyl (C=O) groups is 1. The first kappa shape index (κ1) is 20.4. The van der Waals surface area contributed by atoms with Crippen LogP contribution in [0.15, 0.2) is 34.6 Å². The third-order valence-electron chi connectivity index (χ3n) is 3.84. The maximum Gasteiger partial charge on any atom is 0.266 e. The molecule has 0 spiro atoms. The molecular formula is C18H15Cl2N3OS3. The summed E-state index contributed by atoms with van der Waals surface area (Å²) in [7, 11) is 0. The average molecular weight is 456 g/mol. The molecule has 3 rings (SSSR count). The standard InChI is InChI=1S/C18H15Cl2N3OS3/c19-11-3-4-13(14(20)7-11)10-6-12(26-9-10)8-15-17(24)23(18(25)27-15)5-1-2-16(21)22/h3-4,6-9H,1-2,5H2,(H3,21,22). The average Bonchev–Trinajstić information content (AvgIpc) is 3.15. The van der Waals surface area contributed by atoms with Gasteiger partial charge in [-0.2, -0.15) is 0 Å². The molecule has 1 aromatic heterocycles. The van der Waals surface area contributed by atoms with Gasteiger partial charge in [0.05, 0.1) is 10.7 Å². The Labute approximate surface area is 180 Å². The Balaban J connectivity index is 1.75. The molecule has 1 aromatic carbocycles. The van der Waals surface area contributed by atoms with Crippen molar-refractivity contribution in [3.05, 3.63) is 49.5 Å². The Morgan fingerprint density at radius 3 is 2.81 bits per heavy atom. The van der Waals surface area contributed by atoms with Crippen molar-refractivity contribution in [1.82, 2.24) is 4.90 Å². The van der Waals surface area contributed by atoms with Crippen LogP contribution in [0.25, 0.3) is 17.2 Å². The molecule has 2 heterocycles. The third kappa shape index (κ3) is 4.92. The van der Waals surface area contributed by atoms with Gasteiger partial charge in [-0.1, -0.05) is 53.2 Å². The van der Waals surface area contributed by atoms with E-state index in [1.165, 1.54) is 23.1 Å². The first-order valence-corrected chi connectivity index (χ1v) is 10.8. The summed E-state index contributed by atoms with van der Waals surface area (Å²) in [5.41, 5.74) is 7.23. The van der Waals surface area contributed by atoms with E-state index in [1.54, 1.807) is 17.0 Å². The van der Waals surface area contributed by atoms with Crippen LogP contribution in [0.3, 0.4) is 0 Å². The highest BCUT2D eigenvalue weighted by Crippen LogP contribution is 2.37. The SMILES string of the molecule is N=C(N)CCCN1C(=O)C(=Cc2cc(-c3ccc(Cl)cc3Cl)cs2)SC1=S. The Morgan fingerprint density at radius 1 is 1.33 bits per heavy atom. The van der Waals surface area contributed by atoms with E-state index >= 15 is 0 Å². The molecule has 0 aliphatic carbocycles. The summed E-state index contributed by atoms with van der Waals surface area (Å²) in [4.78, 5) is 15.7. The summed E-state index contributed by atoms with van der Waals surface area (Å²) >= 11 is 20.4. The van der Waals surface area contributed by atoms with Gasteiger partial charge in [-0.15, -0.1) is 11.3 Å². The predicted octanol–water partition coefficient (Wildman–Crippen LogP) is 5.64. The van der Waals surface area contributed by atoms with Crippen LogP contribution in [-0.2, 0) is 4.79 Å². The number of rotatable bonds is 6. The van der Waals surface area contributed by atoms with Gasteiger partial charge < -0.3 is 5.73 Å². The number of nitrogens with one attached hydrogen (secondary N) is 1. The first-order chi connectivity index (χ1) is 12.8. The summed E-state index contributed by atoms with van der Waals surface area (Å²) in [5, 5.41) is 10.4. The number of nitrogens with zero attached hydrogens (tertiary/aromatic N) is 1. The lowest BCUT2D eigenvalue weighted by Crippen LogP contribution is -2.29. The second-order valence-corrected chi connectivity index (χ2v) is 9.29. The van der Waals surface area contributed by atoms with Crippen molar-refractivity contribution >= 4 is 80.7 Å². The number of thioether (sulfide) groups is 1. The number of benzene rings is 1. The van der Waals surface area contributed by atoms with Crippen molar-refractivity contribution < 1.29 is 4.79 Å². The number of thiocarbonyl (C=S) groups is 1. The minimum absolute atomic E-state index is 0.104. The lowest BCUT2D eigenvalue weighted by atomic mass is 10.1. The summed E-state index contributed by atoms with van der Waals surface area (Å²) in [5.74, 6) is 0.0102. The van der Waals surface area contributed by atoms with Crippen LogP contribution >= 0.6 is 58.5 Å². The molecule has 0 saturated carbocycles. The Bertz CT molecular complexity index is 955. The molecule has 140 valence electrons. The smallest absolute Gasteiger partial charge is 0.266 e. The van der Waals surface area contributed by atoms with E-state index < -0.39 is 0 Å². The minimum atomic E-state index is -0.104. The van der Waals surface area contributed by atoms with Gasteiger partial charge in [-0.3, -0.25) is 15.1 Å². The monoisotopic (exact) mass is 455 g/mol. The lowest BCUT2D eigenvalue weighted by Gasteiger charge is -2.13. The van der Waals surface area contributed by atoms with E-state index in [9.17, 15) is 4.79 Å². The van der Waals surface area contributed by atoms with Crippen molar-refractivity contribution in [2.75, 3.05) is 6.54 Å². The molecule has 0 bridgehead atoms. The van der Waals surface area contributed by atoms with Gasteiger partial charge in [0.2, 0.25) is 0 Å². The van der Waals surface area contributed by atoms with Crippen LogP contribution < -0.4 is 5.73 Å². The fourth-order valence-electron chi connectivity index (χ4n) is 2.54. The van der Waals surface area contributed by atoms with Crippen LogP contribution in [0, 0.1) is 5.41 Å². The zero-order valence-corrected chi connectivity index (χ0v) is 18.0. The van der Waals surface area contributed by atoms with Crippen LogP contribution in [0.5, 0.6) is 0 Å². The van der Waals surface area contributed by atoms with E-state index in [0.29, 0.717) is 38.7 Å². The highest BCUT2D eigenvalue weighted by atomic mass is 35.5. The van der Waals surface area contributed by atoms with E-state index in [-0.39, 0.29) is 11.7 Å². The quantitative estimate of drug-likeness (QED) is 0.256. The fourth-order valence-corrected chi connectivity index (χ4v) is 5.27. The number of thiophene rings is 1. The van der Waals surface area contributed by atoms with Crippen molar-refractivity contribution in [3.63, 3.8) is 0 Å². The van der Waals surface area contributed by atoms with Crippen molar-refractivity contribution in [3.8, 4) is 11.1 Å². The van der Waals surface area contributed by atoms with Crippen molar-refractivity contribution in [2.45, 2.75) is 12.8 Å². The second-order valence-electron chi connectivity index (χ2n) is 5.82. The van der Waals surface area contributed by atoms with Gasteiger partial charge in [0.15, 0.2) is 0 Å². The van der Waals surface area contributed by atoms with Gasteiger partial charge in [-0.05, 0) is 41.6 Å². The van der Waals surface area contributed by atoms with Crippen molar-refractivity contribution in [1.29, 1.82) is 5.41 Å². The number of amides is 1. The molecule has 0 radical (unpaired) electrons. The summed E-state index contributed by atoms with van der Waals surface area (Å²) in [6, 6.07) is 7.38. The summed E-state index contributed by atoms with van der Waals surface area (Å²) < 4.78 is 0.535. The number of hydrogen-bond acceptors (Lipinski definition) is 5. The normalized spacial score (nSPS) is 15.8. The number of halogens is 2. The molecule has 1 saturated heterocycles. The van der Waals surface area contributed by atoms with Gasteiger partial charge in [0.25, 0.3) is 5.91 Å². The molecule has 1 fully saturated rings. The Morgan fingerprint density at radius 2 is 2.11 bits per heavy atom. The molecule has 0 unspecified atom stereocenters. The summed E-state index contributed by atoms with van der Waals surface area (Å²) in [6.07, 6.45) is 2.92. The number of carbonyl (C=O) groups excluding carboxylic acids is 1. The molecule has 1 aliphatic heterocycles. The van der Waals surface area contributed by atoms with Crippen LogP contribution in [0.1, 0.15) is 17.7 Å². The minimum Gasteiger partial charge on any atom is -0.388 e. The number of hydrogen-bond donors (Lipinski definition) is 2. The molecule has 4 nitrogen and oxygen atoms in total. The first-order valence-electron chi connectivity index (χ1n) is 7.97. The zero-order chi connectivity index (χ0) is 19.6. The largest absolute Gasteiger partial charge is 0.388 e. The molecule has 0 atom stereocenters. The van der Waals surface area contributed by atoms with Gasteiger partial charge in [0, 0.05) is 33.5 Å². The van der Waals surface area contributed by atoms with E-state index in [0.717, 1.165) is 16.0 Å². The fraction of sp³-hybridized carbons (Fsp3) is 0.167. The molecular weight excluding hydrogens is 441 g/mol. The lowest BCUT2D eigenvalue weighted by molar-refractivity contribution is -0.122.